The first-order valence-electron chi connectivity index (χ1n) is 5.63. The summed E-state index contributed by atoms with van der Waals surface area (Å²) in [6, 6.07) is 4.56. The summed E-state index contributed by atoms with van der Waals surface area (Å²) in [4.78, 5) is 2.60. The van der Waals surface area contributed by atoms with Crippen molar-refractivity contribution in [3.63, 3.8) is 0 Å². The topological polar surface area (TPSA) is 43.8 Å². The fourth-order valence-corrected chi connectivity index (χ4v) is 3.30. The van der Waals surface area contributed by atoms with Crippen LogP contribution in [0.1, 0.15) is 29.1 Å². The Morgan fingerprint density at radius 2 is 2.29 bits per heavy atom. The van der Waals surface area contributed by atoms with E-state index in [0.29, 0.717) is 0 Å². The second-order valence-electron chi connectivity index (χ2n) is 4.10. The van der Waals surface area contributed by atoms with Crippen LogP contribution in [-0.4, -0.2) is 15.8 Å². The van der Waals surface area contributed by atoms with Gasteiger partial charge in [-0.1, -0.05) is 6.92 Å². The number of aromatic nitrogens is 2. The van der Waals surface area contributed by atoms with E-state index in [0.717, 1.165) is 9.99 Å². The van der Waals surface area contributed by atoms with Crippen molar-refractivity contribution in [1.82, 2.24) is 9.78 Å². The summed E-state index contributed by atoms with van der Waals surface area (Å²) < 4.78 is 3.13. The molecule has 0 aromatic carbocycles. The molecule has 0 amide bonds. The highest BCUT2D eigenvalue weighted by molar-refractivity contribution is 14.1. The van der Waals surface area contributed by atoms with Crippen LogP contribution in [0.15, 0.2) is 24.5 Å². The average Bonchev–Trinajstić information content (AvgIpc) is 2.89. The Morgan fingerprint density at radius 3 is 2.76 bits per heavy atom. The number of thiophene rings is 1. The van der Waals surface area contributed by atoms with Gasteiger partial charge in [-0.3, -0.25) is 4.68 Å². The lowest BCUT2D eigenvalue weighted by molar-refractivity contribution is 0.429. The van der Waals surface area contributed by atoms with Crippen LogP contribution in [0, 0.1) is 10.5 Å². The minimum Gasteiger partial charge on any atom is -0.326 e. The highest BCUT2D eigenvalue weighted by atomic mass is 127. The van der Waals surface area contributed by atoms with Crippen LogP contribution >= 0.6 is 33.9 Å². The molecular weight excluding hydrogens is 345 g/mol. The fraction of sp³-hybridized carbons (Fsp3) is 0.417. The SMILES string of the molecule is CCC(N)C(c1ccc(C)s1)n1cc(I)cn1. The van der Waals surface area contributed by atoms with Crippen molar-refractivity contribution < 1.29 is 0 Å². The third kappa shape index (κ3) is 2.89. The zero-order chi connectivity index (χ0) is 12.4. The number of halogens is 1. The maximum atomic E-state index is 6.24. The van der Waals surface area contributed by atoms with Crippen LogP contribution in [0.2, 0.25) is 0 Å². The molecule has 92 valence electrons. The van der Waals surface area contributed by atoms with Crippen molar-refractivity contribution in [3.05, 3.63) is 37.9 Å². The second kappa shape index (κ2) is 5.49. The molecule has 0 spiro atoms. The summed E-state index contributed by atoms with van der Waals surface area (Å²) in [6.07, 6.45) is 4.87. The van der Waals surface area contributed by atoms with Gasteiger partial charge in [-0.25, -0.2) is 0 Å². The molecule has 0 aliphatic carbocycles. The number of nitrogens with zero attached hydrogens (tertiary/aromatic N) is 2. The molecule has 0 aliphatic rings. The van der Waals surface area contributed by atoms with E-state index in [9.17, 15) is 0 Å². The Hall–Kier alpha value is -0.400. The summed E-state index contributed by atoms with van der Waals surface area (Å²) in [7, 11) is 0. The maximum absolute atomic E-state index is 6.24. The first-order valence-corrected chi connectivity index (χ1v) is 7.53. The van der Waals surface area contributed by atoms with Crippen molar-refractivity contribution >= 4 is 33.9 Å². The minimum atomic E-state index is 0.101. The molecule has 5 heteroatoms. The van der Waals surface area contributed by atoms with E-state index in [4.69, 9.17) is 5.73 Å². The molecule has 3 nitrogen and oxygen atoms in total. The standard InChI is InChI=1S/C12H16IN3S/c1-3-10(14)12(11-5-4-8(2)17-11)16-7-9(13)6-15-16/h4-7,10,12H,3,14H2,1-2H3. The third-order valence-electron chi connectivity index (χ3n) is 2.78. The van der Waals surface area contributed by atoms with Gasteiger partial charge in [-0.15, -0.1) is 11.3 Å². The number of rotatable bonds is 4. The number of hydrogen-bond acceptors (Lipinski definition) is 3. The highest BCUT2D eigenvalue weighted by Crippen LogP contribution is 2.29. The van der Waals surface area contributed by atoms with Gasteiger partial charge in [0.2, 0.25) is 0 Å². The lowest BCUT2D eigenvalue weighted by Gasteiger charge is -2.22. The average molecular weight is 361 g/mol. The van der Waals surface area contributed by atoms with Gasteiger partial charge in [0.15, 0.2) is 0 Å². The Kier molecular flexibility index (Phi) is 4.22. The Labute approximate surface area is 119 Å². The molecule has 0 saturated heterocycles. The summed E-state index contributed by atoms with van der Waals surface area (Å²) in [5.41, 5.74) is 6.24. The Morgan fingerprint density at radius 1 is 1.53 bits per heavy atom. The summed E-state index contributed by atoms with van der Waals surface area (Å²) >= 11 is 4.07. The Bertz CT molecular complexity index is 451. The molecule has 0 aliphatic heterocycles. The zero-order valence-electron chi connectivity index (χ0n) is 9.93. The second-order valence-corrected chi connectivity index (χ2v) is 6.67. The summed E-state index contributed by atoms with van der Waals surface area (Å²) in [5, 5.41) is 4.41. The molecule has 0 saturated carbocycles. The largest absolute Gasteiger partial charge is 0.326 e. The van der Waals surface area contributed by atoms with E-state index in [1.54, 1.807) is 11.3 Å². The summed E-state index contributed by atoms with van der Waals surface area (Å²) in [6.45, 7) is 4.24. The van der Waals surface area contributed by atoms with Gasteiger partial charge in [-0.2, -0.15) is 5.10 Å². The van der Waals surface area contributed by atoms with E-state index in [1.807, 2.05) is 10.9 Å². The monoisotopic (exact) mass is 361 g/mol. The molecular formula is C12H16IN3S. The molecule has 2 aromatic rings. The maximum Gasteiger partial charge on any atom is 0.101 e. The predicted molar refractivity (Wildman–Crippen MR) is 80.4 cm³/mol. The molecule has 0 radical (unpaired) electrons. The number of aryl methyl sites for hydroxylation is 1. The normalized spacial score (nSPS) is 14.8. The molecule has 2 rings (SSSR count). The first kappa shape index (κ1) is 13.0. The molecule has 0 fully saturated rings. The van der Waals surface area contributed by atoms with E-state index in [1.165, 1.54) is 9.75 Å². The van der Waals surface area contributed by atoms with E-state index in [2.05, 4.69) is 59.9 Å². The molecule has 2 heterocycles. The van der Waals surface area contributed by atoms with Crippen molar-refractivity contribution in [2.75, 3.05) is 0 Å². The molecule has 17 heavy (non-hydrogen) atoms. The smallest absolute Gasteiger partial charge is 0.101 e. The first-order chi connectivity index (χ1) is 8.11. The van der Waals surface area contributed by atoms with Gasteiger partial charge in [0.1, 0.15) is 6.04 Å². The number of hydrogen-bond donors (Lipinski definition) is 1. The molecule has 2 aromatic heterocycles. The van der Waals surface area contributed by atoms with Gasteiger partial charge in [0.05, 0.1) is 9.77 Å². The van der Waals surface area contributed by atoms with Gasteiger partial charge in [0.25, 0.3) is 0 Å². The van der Waals surface area contributed by atoms with Gasteiger partial charge < -0.3 is 5.73 Å². The fourth-order valence-electron chi connectivity index (χ4n) is 1.84. The van der Waals surface area contributed by atoms with Gasteiger partial charge in [0, 0.05) is 22.0 Å². The van der Waals surface area contributed by atoms with E-state index in [-0.39, 0.29) is 12.1 Å². The van der Waals surface area contributed by atoms with Crippen LogP contribution in [0.25, 0.3) is 0 Å². The van der Waals surface area contributed by atoms with Crippen molar-refractivity contribution in [3.8, 4) is 0 Å². The molecule has 2 atom stereocenters. The van der Waals surface area contributed by atoms with Crippen LogP contribution in [0.4, 0.5) is 0 Å². The van der Waals surface area contributed by atoms with Crippen molar-refractivity contribution in [2.45, 2.75) is 32.4 Å². The molecule has 2 N–H and O–H groups in total. The van der Waals surface area contributed by atoms with E-state index >= 15 is 0 Å². The van der Waals surface area contributed by atoms with Crippen LogP contribution in [0.5, 0.6) is 0 Å². The van der Waals surface area contributed by atoms with Crippen LogP contribution < -0.4 is 5.73 Å². The quantitative estimate of drug-likeness (QED) is 0.850. The number of nitrogens with two attached hydrogens (primary N) is 1. The van der Waals surface area contributed by atoms with Gasteiger partial charge in [-0.05, 0) is 48.1 Å². The lowest BCUT2D eigenvalue weighted by Crippen LogP contribution is -2.32. The minimum absolute atomic E-state index is 0.101. The van der Waals surface area contributed by atoms with Crippen molar-refractivity contribution in [2.24, 2.45) is 5.73 Å². The van der Waals surface area contributed by atoms with Crippen molar-refractivity contribution in [1.29, 1.82) is 0 Å². The van der Waals surface area contributed by atoms with Crippen LogP contribution in [0.3, 0.4) is 0 Å². The molecule has 2 unspecified atom stereocenters. The Balaban J connectivity index is 2.38. The van der Waals surface area contributed by atoms with Gasteiger partial charge >= 0.3 is 0 Å². The van der Waals surface area contributed by atoms with Crippen LogP contribution in [-0.2, 0) is 0 Å². The third-order valence-corrected chi connectivity index (χ3v) is 4.41. The predicted octanol–water partition coefficient (Wildman–Crippen LogP) is 3.18. The summed E-state index contributed by atoms with van der Waals surface area (Å²) in [5.74, 6) is 0. The zero-order valence-corrected chi connectivity index (χ0v) is 12.9. The highest BCUT2D eigenvalue weighted by Gasteiger charge is 2.22. The van der Waals surface area contributed by atoms with E-state index < -0.39 is 0 Å². The molecule has 0 bridgehead atoms. The lowest BCUT2D eigenvalue weighted by atomic mass is 10.1.